The molecule has 2 aliphatic rings. The maximum atomic E-state index is 12.9. The van der Waals surface area contributed by atoms with E-state index in [0.717, 1.165) is 39.3 Å². The Morgan fingerprint density at radius 2 is 1.62 bits per heavy atom. The Kier molecular flexibility index (Phi) is 7.72. The quantitative estimate of drug-likeness (QED) is 0.580. The predicted molar refractivity (Wildman–Crippen MR) is 123 cm³/mol. The van der Waals surface area contributed by atoms with Crippen LogP contribution >= 0.6 is 11.8 Å². The number of tetrazole rings is 1. The number of hydrogen-bond donors (Lipinski definition) is 1. The average molecular weight is 459 g/mol. The van der Waals surface area contributed by atoms with E-state index in [9.17, 15) is 9.59 Å². The number of likely N-dealkylation sites (tertiary alicyclic amines) is 1. The number of anilines is 1. The number of aromatic nitrogens is 4. The zero-order valence-corrected chi connectivity index (χ0v) is 19.3. The van der Waals surface area contributed by atoms with E-state index in [0.29, 0.717) is 16.4 Å². The van der Waals surface area contributed by atoms with Gasteiger partial charge in [0.25, 0.3) is 5.91 Å². The Labute approximate surface area is 192 Å². The number of carbonyl (C=O) groups is 2. The van der Waals surface area contributed by atoms with Gasteiger partial charge in [-0.05, 0) is 60.6 Å². The normalized spacial score (nSPS) is 17.6. The van der Waals surface area contributed by atoms with Gasteiger partial charge in [-0.15, -0.1) is 5.10 Å². The molecular weight excluding hydrogens is 428 g/mol. The number of rotatable bonds is 8. The summed E-state index contributed by atoms with van der Waals surface area (Å²) in [6.07, 6.45) is 2.65. The van der Waals surface area contributed by atoms with Crippen LogP contribution in [0.15, 0.2) is 29.4 Å². The maximum absolute atomic E-state index is 12.9. The first kappa shape index (κ1) is 22.7. The van der Waals surface area contributed by atoms with Crippen LogP contribution < -0.4 is 5.32 Å². The highest BCUT2D eigenvalue weighted by atomic mass is 32.2. The molecule has 0 bridgehead atoms. The molecule has 2 aromatic rings. The first-order valence-electron chi connectivity index (χ1n) is 11.1. The minimum absolute atomic E-state index is 0.0485. The summed E-state index contributed by atoms with van der Waals surface area (Å²) in [6, 6.07) is 7.09. The van der Waals surface area contributed by atoms with E-state index >= 15 is 0 Å². The summed E-state index contributed by atoms with van der Waals surface area (Å²) >= 11 is 1.27. The van der Waals surface area contributed by atoms with Crippen LogP contribution in [0.4, 0.5) is 5.69 Å². The van der Waals surface area contributed by atoms with Gasteiger partial charge in [0.15, 0.2) is 0 Å². The van der Waals surface area contributed by atoms with Gasteiger partial charge < -0.3 is 15.1 Å². The molecule has 1 aromatic heterocycles. The Bertz CT molecular complexity index is 905. The SMILES string of the molecule is Cn1nnnc1SCC(=O)Nc1ccc(C(=O)N2CCN(CCN3CCCC3)CC2)cc1. The Morgan fingerprint density at radius 1 is 0.969 bits per heavy atom. The summed E-state index contributed by atoms with van der Waals surface area (Å²) in [6.45, 7) is 8.03. The molecule has 2 saturated heterocycles. The van der Waals surface area contributed by atoms with Crippen molar-refractivity contribution in [2.75, 3.05) is 63.4 Å². The fourth-order valence-corrected chi connectivity index (χ4v) is 4.66. The van der Waals surface area contributed by atoms with Crippen LogP contribution in [0.25, 0.3) is 0 Å². The molecule has 0 saturated carbocycles. The van der Waals surface area contributed by atoms with Gasteiger partial charge in [-0.1, -0.05) is 11.8 Å². The number of carbonyl (C=O) groups excluding carboxylic acids is 2. The molecule has 2 amide bonds. The summed E-state index contributed by atoms with van der Waals surface area (Å²) in [5.74, 6) is 0.103. The molecule has 0 radical (unpaired) electrons. The van der Waals surface area contributed by atoms with Gasteiger partial charge >= 0.3 is 0 Å². The Balaban J connectivity index is 1.20. The van der Waals surface area contributed by atoms with Crippen LogP contribution in [0.3, 0.4) is 0 Å². The van der Waals surface area contributed by atoms with Gasteiger partial charge in [0, 0.05) is 57.6 Å². The molecule has 0 unspecified atom stereocenters. The molecule has 2 fully saturated rings. The highest BCUT2D eigenvalue weighted by Gasteiger charge is 2.23. The number of nitrogens with zero attached hydrogens (tertiary/aromatic N) is 7. The number of thioether (sulfide) groups is 1. The molecule has 1 N–H and O–H groups in total. The third-order valence-electron chi connectivity index (χ3n) is 5.92. The second-order valence-electron chi connectivity index (χ2n) is 8.18. The van der Waals surface area contributed by atoms with Crippen LogP contribution in [-0.2, 0) is 11.8 Å². The van der Waals surface area contributed by atoms with Crippen LogP contribution in [0.1, 0.15) is 23.2 Å². The van der Waals surface area contributed by atoms with Crippen molar-refractivity contribution in [3.05, 3.63) is 29.8 Å². The zero-order chi connectivity index (χ0) is 22.3. The fraction of sp³-hybridized carbons (Fsp3) is 0.571. The molecular formula is C21H30N8O2S. The molecule has 4 rings (SSSR count). The van der Waals surface area contributed by atoms with Gasteiger partial charge in [-0.3, -0.25) is 14.5 Å². The highest BCUT2D eigenvalue weighted by molar-refractivity contribution is 7.99. The largest absolute Gasteiger partial charge is 0.336 e. The van der Waals surface area contributed by atoms with Gasteiger partial charge in [0.2, 0.25) is 11.1 Å². The summed E-state index contributed by atoms with van der Waals surface area (Å²) in [7, 11) is 1.73. The van der Waals surface area contributed by atoms with E-state index < -0.39 is 0 Å². The number of nitrogens with one attached hydrogen (secondary N) is 1. The molecule has 10 nitrogen and oxygen atoms in total. The minimum atomic E-state index is -0.151. The second-order valence-corrected chi connectivity index (χ2v) is 9.12. The van der Waals surface area contributed by atoms with Crippen molar-refractivity contribution in [1.29, 1.82) is 0 Å². The van der Waals surface area contributed by atoms with Crippen molar-refractivity contribution in [3.63, 3.8) is 0 Å². The fourth-order valence-electron chi connectivity index (χ4n) is 4.01. The van der Waals surface area contributed by atoms with E-state index in [1.807, 2.05) is 4.90 Å². The first-order chi connectivity index (χ1) is 15.6. The molecule has 1 aromatic carbocycles. The monoisotopic (exact) mass is 458 g/mol. The summed E-state index contributed by atoms with van der Waals surface area (Å²) in [5.41, 5.74) is 1.31. The van der Waals surface area contributed by atoms with Gasteiger partial charge in [0.1, 0.15) is 0 Å². The lowest BCUT2D eigenvalue weighted by Crippen LogP contribution is -2.50. The maximum Gasteiger partial charge on any atom is 0.253 e. The minimum Gasteiger partial charge on any atom is -0.336 e. The molecule has 0 aliphatic carbocycles. The number of aryl methyl sites for hydroxylation is 1. The van der Waals surface area contributed by atoms with Gasteiger partial charge in [-0.25, -0.2) is 4.68 Å². The number of hydrogen-bond acceptors (Lipinski definition) is 8. The molecule has 32 heavy (non-hydrogen) atoms. The Morgan fingerprint density at radius 3 is 2.25 bits per heavy atom. The third-order valence-corrected chi connectivity index (χ3v) is 6.93. The van der Waals surface area contributed by atoms with Crippen molar-refractivity contribution in [2.24, 2.45) is 7.05 Å². The summed E-state index contributed by atoms with van der Waals surface area (Å²) in [5, 5.41) is 14.5. The number of benzene rings is 1. The van der Waals surface area contributed by atoms with Crippen LogP contribution in [-0.4, -0.2) is 105 Å². The van der Waals surface area contributed by atoms with E-state index in [4.69, 9.17) is 0 Å². The zero-order valence-electron chi connectivity index (χ0n) is 18.4. The smallest absolute Gasteiger partial charge is 0.253 e. The molecule has 0 spiro atoms. The molecule has 11 heteroatoms. The van der Waals surface area contributed by atoms with Crippen LogP contribution in [0, 0.1) is 0 Å². The number of amides is 2. The van der Waals surface area contributed by atoms with Crippen molar-refractivity contribution >= 4 is 29.3 Å². The topological polar surface area (TPSA) is 99.5 Å². The van der Waals surface area contributed by atoms with E-state index in [1.165, 1.54) is 42.4 Å². The van der Waals surface area contributed by atoms with Crippen LogP contribution in [0.5, 0.6) is 0 Å². The van der Waals surface area contributed by atoms with Crippen molar-refractivity contribution in [2.45, 2.75) is 18.0 Å². The molecule has 3 heterocycles. The summed E-state index contributed by atoms with van der Waals surface area (Å²) < 4.78 is 1.52. The van der Waals surface area contributed by atoms with Crippen LogP contribution in [0.2, 0.25) is 0 Å². The summed E-state index contributed by atoms with van der Waals surface area (Å²) in [4.78, 5) is 31.9. The third kappa shape index (κ3) is 6.05. The van der Waals surface area contributed by atoms with Crippen molar-refractivity contribution in [3.8, 4) is 0 Å². The lowest BCUT2D eigenvalue weighted by Gasteiger charge is -2.35. The predicted octanol–water partition coefficient (Wildman–Crippen LogP) is 0.795. The van der Waals surface area contributed by atoms with Crippen molar-refractivity contribution < 1.29 is 9.59 Å². The molecule has 0 atom stereocenters. The average Bonchev–Trinajstić information content (AvgIpc) is 3.48. The lowest BCUT2D eigenvalue weighted by molar-refractivity contribution is -0.113. The Hall–Kier alpha value is -2.50. The van der Waals surface area contributed by atoms with Gasteiger partial charge in [-0.2, -0.15) is 0 Å². The van der Waals surface area contributed by atoms with Gasteiger partial charge in [0.05, 0.1) is 5.75 Å². The van der Waals surface area contributed by atoms with E-state index in [-0.39, 0.29) is 17.6 Å². The number of piperazine rings is 1. The lowest BCUT2D eigenvalue weighted by atomic mass is 10.1. The molecule has 172 valence electrons. The van der Waals surface area contributed by atoms with E-state index in [2.05, 4.69) is 30.6 Å². The standard InChI is InChI=1S/C21H30N8O2S/c1-26-21(23-24-25-26)32-16-19(30)22-18-6-4-17(5-7-18)20(31)29-14-12-28(13-15-29)11-10-27-8-2-3-9-27/h4-7H,2-3,8-16H2,1H3,(H,22,30). The second kappa shape index (κ2) is 10.9. The van der Waals surface area contributed by atoms with Crippen molar-refractivity contribution in [1.82, 2.24) is 34.9 Å². The molecule has 2 aliphatic heterocycles. The first-order valence-corrected chi connectivity index (χ1v) is 12.1. The highest BCUT2D eigenvalue weighted by Crippen LogP contribution is 2.16. The van der Waals surface area contributed by atoms with E-state index in [1.54, 1.807) is 31.3 Å².